The lowest BCUT2D eigenvalue weighted by Gasteiger charge is -2.14. The second-order valence-corrected chi connectivity index (χ2v) is 8.50. The van der Waals surface area contributed by atoms with Gasteiger partial charge in [-0.15, -0.1) is 0 Å². The molecule has 0 spiro atoms. The molecule has 0 saturated heterocycles. The molecule has 1 aliphatic rings. The van der Waals surface area contributed by atoms with E-state index in [0.717, 1.165) is 24.1 Å². The summed E-state index contributed by atoms with van der Waals surface area (Å²) in [5.74, 6) is 0. The number of nitrogens with zero attached hydrogens (tertiary/aromatic N) is 2. The van der Waals surface area contributed by atoms with Gasteiger partial charge in [0.05, 0.1) is 17.1 Å². The zero-order chi connectivity index (χ0) is 17.2. The van der Waals surface area contributed by atoms with Crippen molar-refractivity contribution in [1.82, 2.24) is 19.8 Å². The molecule has 1 aromatic carbocycles. The molecule has 0 unspecified atom stereocenters. The Morgan fingerprint density at radius 2 is 2.08 bits per heavy atom. The molecule has 1 aromatic heterocycles. The molecule has 1 atom stereocenters. The maximum Gasteiger partial charge on any atom is 0.214 e. The van der Waals surface area contributed by atoms with Crippen molar-refractivity contribution in [3.8, 4) is 5.69 Å². The van der Waals surface area contributed by atoms with E-state index < -0.39 is 10.0 Å². The first kappa shape index (κ1) is 17.1. The zero-order valence-electron chi connectivity index (χ0n) is 14.1. The number of para-hydroxylation sites is 1. The molecule has 1 saturated carbocycles. The molecular weight excluding hydrogens is 324 g/mol. The van der Waals surface area contributed by atoms with Gasteiger partial charge in [-0.2, -0.15) is 5.10 Å². The number of aryl methyl sites for hydroxylation is 1. The molecule has 0 amide bonds. The first-order chi connectivity index (χ1) is 11.5. The molecule has 1 fully saturated rings. The Morgan fingerprint density at radius 1 is 1.33 bits per heavy atom. The first-order valence-corrected chi connectivity index (χ1v) is 9.82. The molecule has 3 rings (SSSR count). The lowest BCUT2D eigenvalue weighted by Crippen LogP contribution is -2.39. The first-order valence-electron chi connectivity index (χ1n) is 8.27. The fraction of sp³-hybridized carbons (Fsp3) is 0.471. The number of hydrogen-bond donors (Lipinski definition) is 2. The van der Waals surface area contributed by atoms with Gasteiger partial charge in [-0.05, 0) is 38.3 Å². The quantitative estimate of drug-likeness (QED) is 0.762. The Hall–Kier alpha value is -1.70. The van der Waals surface area contributed by atoms with Gasteiger partial charge in [0.15, 0.2) is 0 Å². The second kappa shape index (κ2) is 7.04. The van der Waals surface area contributed by atoms with Crippen molar-refractivity contribution in [2.75, 3.05) is 6.54 Å². The van der Waals surface area contributed by atoms with E-state index in [1.165, 1.54) is 5.56 Å². The molecule has 24 heavy (non-hydrogen) atoms. The molecule has 1 aliphatic carbocycles. The highest BCUT2D eigenvalue weighted by molar-refractivity contribution is 7.90. The molecule has 6 nitrogen and oxygen atoms in total. The fourth-order valence-corrected chi connectivity index (χ4v) is 3.98. The third-order valence-corrected chi connectivity index (χ3v) is 6.13. The van der Waals surface area contributed by atoms with Gasteiger partial charge in [0.1, 0.15) is 0 Å². The minimum atomic E-state index is -3.11. The number of rotatable bonds is 8. The predicted molar refractivity (Wildman–Crippen MR) is 94.5 cm³/mol. The number of nitrogens with one attached hydrogen (secondary N) is 2. The molecule has 7 heteroatoms. The maximum absolute atomic E-state index is 11.8. The summed E-state index contributed by atoms with van der Waals surface area (Å²) in [6.45, 7) is 5.09. The van der Waals surface area contributed by atoms with Crippen molar-refractivity contribution in [3.63, 3.8) is 0 Å². The van der Waals surface area contributed by atoms with Crippen molar-refractivity contribution in [2.24, 2.45) is 0 Å². The van der Waals surface area contributed by atoms with Crippen LogP contribution in [0.15, 0.2) is 36.7 Å². The summed E-state index contributed by atoms with van der Waals surface area (Å²) in [6, 6.07) is 8.16. The Balaban J connectivity index is 1.51. The summed E-state index contributed by atoms with van der Waals surface area (Å²) < 4.78 is 28.2. The van der Waals surface area contributed by atoms with Crippen LogP contribution < -0.4 is 10.0 Å². The summed E-state index contributed by atoms with van der Waals surface area (Å²) >= 11 is 0. The molecular formula is C17H24N4O2S. The number of hydrogen-bond acceptors (Lipinski definition) is 4. The van der Waals surface area contributed by atoms with Crippen molar-refractivity contribution < 1.29 is 8.42 Å². The van der Waals surface area contributed by atoms with Crippen molar-refractivity contribution in [3.05, 3.63) is 47.8 Å². The predicted octanol–water partition coefficient (Wildman–Crippen LogP) is 1.74. The van der Waals surface area contributed by atoms with E-state index >= 15 is 0 Å². The lowest BCUT2D eigenvalue weighted by molar-refractivity contribution is 0.524. The Morgan fingerprint density at radius 3 is 2.79 bits per heavy atom. The van der Waals surface area contributed by atoms with Crippen molar-refractivity contribution in [2.45, 2.75) is 44.5 Å². The highest BCUT2D eigenvalue weighted by Crippen LogP contribution is 2.27. The monoisotopic (exact) mass is 348 g/mol. The Labute approximate surface area is 143 Å². The van der Waals surface area contributed by atoms with Crippen LogP contribution >= 0.6 is 0 Å². The summed E-state index contributed by atoms with van der Waals surface area (Å²) in [4.78, 5) is 0. The van der Waals surface area contributed by atoms with Gasteiger partial charge in [-0.1, -0.05) is 18.2 Å². The number of aromatic nitrogens is 2. The third-order valence-electron chi connectivity index (χ3n) is 4.21. The van der Waals surface area contributed by atoms with Crippen LogP contribution in [0, 0.1) is 6.92 Å². The zero-order valence-corrected chi connectivity index (χ0v) is 14.9. The largest absolute Gasteiger partial charge is 0.309 e. The van der Waals surface area contributed by atoms with Crippen molar-refractivity contribution in [1.29, 1.82) is 0 Å². The standard InChI is InChI=1S/C17H24N4O2S/c1-13-5-3-4-6-17(13)21-12-15(11-19-21)10-18-14(2)9-20-24(22,23)16-7-8-16/h3-6,11-12,14,16,18,20H,7-10H2,1-2H3/t14-/m0/s1. The summed E-state index contributed by atoms with van der Waals surface area (Å²) in [5.41, 5.74) is 3.30. The number of sulfonamides is 1. The minimum absolute atomic E-state index is 0.0559. The van der Waals surface area contributed by atoms with Crippen LogP contribution in [0.25, 0.3) is 5.69 Å². The summed E-state index contributed by atoms with van der Waals surface area (Å²) in [6.07, 6.45) is 5.40. The van der Waals surface area contributed by atoms with Gasteiger partial charge in [-0.25, -0.2) is 17.8 Å². The van der Waals surface area contributed by atoms with Crippen LogP contribution in [0.2, 0.25) is 0 Å². The maximum atomic E-state index is 11.8. The molecule has 2 aromatic rings. The van der Waals surface area contributed by atoms with E-state index in [0.29, 0.717) is 13.1 Å². The van der Waals surface area contributed by atoms with Crippen LogP contribution in [0.1, 0.15) is 30.9 Å². The molecule has 2 N–H and O–H groups in total. The van der Waals surface area contributed by atoms with E-state index in [1.54, 1.807) is 0 Å². The van der Waals surface area contributed by atoms with Crippen molar-refractivity contribution >= 4 is 10.0 Å². The molecule has 0 radical (unpaired) electrons. The third kappa shape index (κ3) is 4.23. The van der Waals surface area contributed by atoms with E-state index in [9.17, 15) is 8.42 Å². The molecule has 130 valence electrons. The highest BCUT2D eigenvalue weighted by atomic mass is 32.2. The smallest absolute Gasteiger partial charge is 0.214 e. The molecule has 0 bridgehead atoms. The molecule has 1 heterocycles. The van der Waals surface area contributed by atoms with Crippen LogP contribution in [-0.4, -0.2) is 36.0 Å². The average Bonchev–Trinajstić information content (AvgIpc) is 3.32. The second-order valence-electron chi connectivity index (χ2n) is 6.45. The Kier molecular flexibility index (Phi) is 5.03. The van der Waals surface area contributed by atoms with Crippen LogP contribution in [0.4, 0.5) is 0 Å². The lowest BCUT2D eigenvalue weighted by atomic mass is 10.2. The van der Waals surface area contributed by atoms with Gasteiger partial charge in [0.25, 0.3) is 0 Å². The normalized spacial score (nSPS) is 16.2. The molecule has 0 aliphatic heterocycles. The van der Waals surface area contributed by atoms with Gasteiger partial charge in [-0.3, -0.25) is 0 Å². The van der Waals surface area contributed by atoms with Gasteiger partial charge < -0.3 is 5.32 Å². The van der Waals surface area contributed by atoms with Crippen LogP contribution in [0.5, 0.6) is 0 Å². The fourth-order valence-electron chi connectivity index (χ4n) is 2.51. The van der Waals surface area contributed by atoms with E-state index in [-0.39, 0.29) is 11.3 Å². The Bertz CT molecular complexity index is 796. The average molecular weight is 348 g/mol. The van der Waals surface area contributed by atoms with E-state index in [2.05, 4.69) is 28.1 Å². The summed E-state index contributed by atoms with van der Waals surface area (Å²) in [7, 11) is -3.11. The highest BCUT2D eigenvalue weighted by Gasteiger charge is 2.35. The van der Waals surface area contributed by atoms with E-state index in [1.807, 2.05) is 42.2 Å². The number of benzene rings is 1. The van der Waals surface area contributed by atoms with Crippen LogP contribution in [0.3, 0.4) is 0 Å². The SMILES string of the molecule is Cc1ccccc1-n1cc(CN[C@@H](C)CNS(=O)(=O)C2CC2)cn1. The van der Waals surface area contributed by atoms with Gasteiger partial charge in [0, 0.05) is 30.9 Å². The van der Waals surface area contributed by atoms with Gasteiger partial charge in [0.2, 0.25) is 10.0 Å². The van der Waals surface area contributed by atoms with E-state index in [4.69, 9.17) is 0 Å². The van der Waals surface area contributed by atoms with Crippen LogP contribution in [-0.2, 0) is 16.6 Å². The van der Waals surface area contributed by atoms with Gasteiger partial charge >= 0.3 is 0 Å². The topological polar surface area (TPSA) is 76.0 Å². The minimum Gasteiger partial charge on any atom is -0.309 e. The summed E-state index contributed by atoms with van der Waals surface area (Å²) in [5, 5.41) is 7.57.